The number of esters is 1. The monoisotopic (exact) mass is 212 g/mol. The van der Waals surface area contributed by atoms with E-state index in [1.54, 1.807) is 0 Å². The van der Waals surface area contributed by atoms with Crippen molar-refractivity contribution in [2.45, 2.75) is 6.61 Å². The van der Waals surface area contributed by atoms with Crippen molar-refractivity contribution in [1.82, 2.24) is 0 Å². The van der Waals surface area contributed by atoms with Gasteiger partial charge in [0.15, 0.2) is 0 Å². The number of hydrogen-bond acceptors (Lipinski definition) is 2. The van der Waals surface area contributed by atoms with Crippen LogP contribution in [0.25, 0.3) is 10.8 Å². The van der Waals surface area contributed by atoms with E-state index in [0.717, 1.165) is 16.3 Å². The quantitative estimate of drug-likeness (QED) is 0.577. The zero-order chi connectivity index (χ0) is 11.4. The van der Waals surface area contributed by atoms with Crippen LogP contribution in [0.3, 0.4) is 0 Å². The molecule has 0 saturated heterocycles. The Morgan fingerprint density at radius 3 is 2.75 bits per heavy atom. The molecule has 0 aromatic heterocycles. The maximum Gasteiger partial charge on any atom is 0.330 e. The van der Waals surface area contributed by atoms with Crippen LogP contribution in [-0.2, 0) is 16.1 Å². The Bertz CT molecular complexity index is 524. The molecule has 0 unspecified atom stereocenters. The molecule has 0 bridgehead atoms. The molecule has 2 nitrogen and oxygen atoms in total. The van der Waals surface area contributed by atoms with E-state index in [2.05, 4.69) is 6.58 Å². The summed E-state index contributed by atoms with van der Waals surface area (Å²) in [6.45, 7) is 3.64. The van der Waals surface area contributed by atoms with Gasteiger partial charge < -0.3 is 4.74 Å². The van der Waals surface area contributed by atoms with Crippen molar-refractivity contribution in [3.05, 3.63) is 60.7 Å². The summed E-state index contributed by atoms with van der Waals surface area (Å²) in [5.74, 6) is -0.395. The van der Waals surface area contributed by atoms with Crippen molar-refractivity contribution in [3.63, 3.8) is 0 Å². The number of hydrogen-bond donors (Lipinski definition) is 0. The second-order valence-electron chi connectivity index (χ2n) is 3.45. The topological polar surface area (TPSA) is 26.3 Å². The van der Waals surface area contributed by atoms with Crippen LogP contribution < -0.4 is 0 Å². The molecular formula is C14H12O2. The Morgan fingerprint density at radius 2 is 1.94 bits per heavy atom. The van der Waals surface area contributed by atoms with E-state index in [1.807, 2.05) is 42.5 Å². The summed E-state index contributed by atoms with van der Waals surface area (Å²) >= 11 is 0. The maximum absolute atomic E-state index is 11.0. The summed E-state index contributed by atoms with van der Waals surface area (Å²) in [5.41, 5.74) is 1.01. The fourth-order valence-corrected chi connectivity index (χ4v) is 1.63. The van der Waals surface area contributed by atoms with Gasteiger partial charge >= 0.3 is 5.97 Å². The van der Waals surface area contributed by atoms with Gasteiger partial charge in [-0.1, -0.05) is 49.0 Å². The second-order valence-corrected chi connectivity index (χ2v) is 3.45. The van der Waals surface area contributed by atoms with Gasteiger partial charge in [-0.15, -0.1) is 0 Å². The minimum Gasteiger partial charge on any atom is -0.458 e. The molecule has 0 radical (unpaired) electrons. The molecule has 2 rings (SSSR count). The van der Waals surface area contributed by atoms with Crippen LogP contribution in [-0.4, -0.2) is 5.97 Å². The molecule has 0 atom stereocenters. The SMILES string of the molecule is C=CC(=O)OCc1cccc2ccccc12. The Labute approximate surface area is 94.2 Å². The highest BCUT2D eigenvalue weighted by atomic mass is 16.5. The Hall–Kier alpha value is -2.09. The van der Waals surface area contributed by atoms with E-state index in [9.17, 15) is 4.79 Å². The number of carbonyl (C=O) groups is 1. The second kappa shape index (κ2) is 4.62. The number of benzene rings is 2. The van der Waals surface area contributed by atoms with Gasteiger partial charge in [-0.05, 0) is 16.3 Å². The average Bonchev–Trinajstić information content (AvgIpc) is 2.35. The first-order valence-corrected chi connectivity index (χ1v) is 5.07. The van der Waals surface area contributed by atoms with Gasteiger partial charge in [-0.25, -0.2) is 4.79 Å². The van der Waals surface area contributed by atoms with Crippen molar-refractivity contribution in [1.29, 1.82) is 0 Å². The first-order chi connectivity index (χ1) is 7.81. The smallest absolute Gasteiger partial charge is 0.330 e. The van der Waals surface area contributed by atoms with E-state index in [1.165, 1.54) is 6.08 Å². The summed E-state index contributed by atoms with van der Waals surface area (Å²) in [4.78, 5) is 11.0. The molecule has 0 amide bonds. The van der Waals surface area contributed by atoms with Gasteiger partial charge in [0.25, 0.3) is 0 Å². The largest absolute Gasteiger partial charge is 0.458 e. The lowest BCUT2D eigenvalue weighted by atomic mass is 10.1. The van der Waals surface area contributed by atoms with E-state index in [4.69, 9.17) is 4.74 Å². The van der Waals surface area contributed by atoms with Crippen molar-refractivity contribution in [2.75, 3.05) is 0 Å². The molecule has 0 aliphatic rings. The van der Waals surface area contributed by atoms with Crippen LogP contribution in [0.2, 0.25) is 0 Å². The number of rotatable bonds is 3. The van der Waals surface area contributed by atoms with E-state index >= 15 is 0 Å². The van der Waals surface area contributed by atoms with Crippen molar-refractivity contribution < 1.29 is 9.53 Å². The number of carbonyl (C=O) groups excluding carboxylic acids is 1. The lowest BCUT2D eigenvalue weighted by Gasteiger charge is -2.06. The van der Waals surface area contributed by atoms with Crippen LogP contribution >= 0.6 is 0 Å². The molecule has 0 aliphatic carbocycles. The standard InChI is InChI=1S/C14H12O2/c1-2-14(15)16-10-12-8-5-7-11-6-3-4-9-13(11)12/h2-9H,1,10H2. The van der Waals surface area contributed by atoms with E-state index in [0.29, 0.717) is 0 Å². The molecule has 0 spiro atoms. The molecule has 0 fully saturated rings. The van der Waals surface area contributed by atoms with E-state index in [-0.39, 0.29) is 6.61 Å². The van der Waals surface area contributed by atoms with Crippen LogP contribution in [0.4, 0.5) is 0 Å². The van der Waals surface area contributed by atoms with Gasteiger partial charge in [0.1, 0.15) is 6.61 Å². The summed E-state index contributed by atoms with van der Waals surface area (Å²) in [7, 11) is 0. The van der Waals surface area contributed by atoms with E-state index < -0.39 is 5.97 Å². The average molecular weight is 212 g/mol. The van der Waals surface area contributed by atoms with Gasteiger partial charge in [0.2, 0.25) is 0 Å². The minimum absolute atomic E-state index is 0.284. The molecule has 2 aromatic rings. The summed E-state index contributed by atoms with van der Waals surface area (Å²) < 4.78 is 5.03. The first-order valence-electron chi connectivity index (χ1n) is 5.07. The Morgan fingerprint density at radius 1 is 1.19 bits per heavy atom. The van der Waals surface area contributed by atoms with Crippen molar-refractivity contribution in [3.8, 4) is 0 Å². The molecule has 2 heteroatoms. The third-order valence-corrected chi connectivity index (χ3v) is 2.42. The van der Waals surface area contributed by atoms with Crippen molar-refractivity contribution in [2.24, 2.45) is 0 Å². The minimum atomic E-state index is -0.395. The Kier molecular flexibility index (Phi) is 3.01. The molecule has 2 aromatic carbocycles. The summed E-state index contributed by atoms with van der Waals surface area (Å²) in [6.07, 6.45) is 1.17. The highest BCUT2D eigenvalue weighted by molar-refractivity contribution is 5.86. The predicted octanol–water partition coefficient (Wildman–Crippen LogP) is 3.07. The third-order valence-electron chi connectivity index (χ3n) is 2.42. The van der Waals surface area contributed by atoms with Crippen LogP contribution in [0.5, 0.6) is 0 Å². The van der Waals surface area contributed by atoms with Gasteiger partial charge in [-0.3, -0.25) is 0 Å². The zero-order valence-corrected chi connectivity index (χ0v) is 8.85. The molecule has 0 saturated carbocycles. The molecule has 0 aliphatic heterocycles. The van der Waals surface area contributed by atoms with Crippen LogP contribution in [0.1, 0.15) is 5.56 Å². The summed E-state index contributed by atoms with van der Waals surface area (Å²) in [6, 6.07) is 14.0. The fraction of sp³-hybridized carbons (Fsp3) is 0.0714. The van der Waals surface area contributed by atoms with Gasteiger partial charge in [0.05, 0.1) is 0 Å². The molecule has 16 heavy (non-hydrogen) atoms. The number of ether oxygens (including phenoxy) is 1. The fourth-order valence-electron chi connectivity index (χ4n) is 1.63. The third kappa shape index (κ3) is 2.11. The van der Waals surface area contributed by atoms with Crippen LogP contribution in [0.15, 0.2) is 55.1 Å². The molecule has 0 N–H and O–H groups in total. The summed E-state index contributed by atoms with van der Waals surface area (Å²) in [5, 5.41) is 2.26. The zero-order valence-electron chi connectivity index (χ0n) is 8.85. The van der Waals surface area contributed by atoms with Gasteiger partial charge in [-0.2, -0.15) is 0 Å². The highest BCUT2D eigenvalue weighted by Gasteiger charge is 2.02. The lowest BCUT2D eigenvalue weighted by Crippen LogP contribution is -2.00. The van der Waals surface area contributed by atoms with Gasteiger partial charge in [0, 0.05) is 6.08 Å². The maximum atomic E-state index is 11.0. The molecule has 0 heterocycles. The molecule has 80 valence electrons. The first kappa shape index (κ1) is 10.4. The van der Waals surface area contributed by atoms with Crippen molar-refractivity contribution >= 4 is 16.7 Å². The highest BCUT2D eigenvalue weighted by Crippen LogP contribution is 2.19. The number of fused-ring (bicyclic) bond motifs is 1. The Balaban J connectivity index is 2.30. The lowest BCUT2D eigenvalue weighted by molar-refractivity contribution is -0.138. The molecular weight excluding hydrogens is 200 g/mol. The van der Waals surface area contributed by atoms with Crippen LogP contribution in [0, 0.1) is 0 Å². The predicted molar refractivity (Wildman–Crippen MR) is 63.9 cm³/mol. The normalized spacial score (nSPS) is 10.0.